The molecule has 32 heavy (non-hydrogen) atoms. The molecule has 0 spiro atoms. The van der Waals surface area contributed by atoms with Crippen LogP contribution in [-0.4, -0.2) is 30.6 Å². The summed E-state index contributed by atoms with van der Waals surface area (Å²) >= 11 is 3.43. The van der Waals surface area contributed by atoms with Crippen molar-refractivity contribution in [1.29, 1.82) is 0 Å². The van der Waals surface area contributed by atoms with Gasteiger partial charge >= 0.3 is 6.61 Å². The van der Waals surface area contributed by atoms with Crippen molar-refractivity contribution >= 4 is 44.2 Å². The highest BCUT2D eigenvalue weighted by molar-refractivity contribution is 9.10. The van der Waals surface area contributed by atoms with Crippen LogP contribution in [0.3, 0.4) is 0 Å². The molecule has 0 aliphatic carbocycles. The van der Waals surface area contributed by atoms with Crippen LogP contribution in [0.1, 0.15) is 35.2 Å². The van der Waals surface area contributed by atoms with Crippen LogP contribution in [-0.2, 0) is 0 Å². The summed E-state index contributed by atoms with van der Waals surface area (Å²) in [5.41, 5.74) is 1.45. The molecular formula is C23H20BrF3N3O2. The van der Waals surface area contributed by atoms with Crippen molar-refractivity contribution < 1.29 is 22.7 Å². The van der Waals surface area contributed by atoms with Gasteiger partial charge < -0.3 is 15.0 Å². The molecule has 1 aromatic heterocycles. The first-order valence-electron chi connectivity index (χ1n) is 10.2. The number of ether oxygens (including phenoxy) is 1. The second kappa shape index (κ2) is 9.36. The Kier molecular flexibility index (Phi) is 6.55. The van der Waals surface area contributed by atoms with Gasteiger partial charge in [-0.05, 0) is 50.5 Å². The largest absolute Gasteiger partial charge is 0.435 e. The summed E-state index contributed by atoms with van der Waals surface area (Å²) < 4.78 is 44.1. The van der Waals surface area contributed by atoms with Gasteiger partial charge in [0.25, 0.3) is 5.91 Å². The third-order valence-corrected chi connectivity index (χ3v) is 5.87. The van der Waals surface area contributed by atoms with Gasteiger partial charge in [-0.1, -0.05) is 15.9 Å². The molecule has 4 rings (SSSR count). The van der Waals surface area contributed by atoms with Gasteiger partial charge in [0.1, 0.15) is 11.6 Å². The molecule has 0 saturated carbocycles. The number of nitrogens with one attached hydrogen (secondary N) is 1. The molecule has 0 atom stereocenters. The average molecular weight is 507 g/mol. The van der Waals surface area contributed by atoms with E-state index in [1.165, 1.54) is 0 Å². The van der Waals surface area contributed by atoms with Crippen LogP contribution in [0, 0.1) is 18.8 Å². The van der Waals surface area contributed by atoms with Crippen LogP contribution in [0.2, 0.25) is 0 Å². The standard InChI is InChI=1S/C23H20BrF3N3O2/c1-13-20(22(31)29-19-8-6-15(12-17(19)25)32-23(26)27)16-11-14(24)5-7-18(16)28-21(13)30-9-3-2-4-10-30/h5-7,11-12,23H,2-4,9-10H2,1H3,(H,29,31). The van der Waals surface area contributed by atoms with Gasteiger partial charge in [0.15, 0.2) is 5.82 Å². The lowest BCUT2D eigenvalue weighted by Gasteiger charge is -2.30. The number of halogens is 4. The van der Waals surface area contributed by atoms with Crippen molar-refractivity contribution in [3.63, 3.8) is 0 Å². The Hall–Kier alpha value is -2.81. The van der Waals surface area contributed by atoms with Crippen molar-refractivity contribution in [2.24, 2.45) is 0 Å². The Morgan fingerprint density at radius 2 is 2.00 bits per heavy atom. The van der Waals surface area contributed by atoms with E-state index in [-0.39, 0.29) is 11.4 Å². The number of amides is 1. The number of rotatable bonds is 5. The van der Waals surface area contributed by atoms with E-state index in [0.717, 1.165) is 54.8 Å². The predicted octanol–water partition coefficient (Wildman–Crippen LogP) is 6.09. The summed E-state index contributed by atoms with van der Waals surface area (Å²) in [6.45, 7) is 0.447. The van der Waals surface area contributed by atoms with E-state index in [2.05, 4.69) is 36.9 Å². The minimum Gasteiger partial charge on any atom is -0.435 e. The zero-order valence-corrected chi connectivity index (χ0v) is 18.8. The molecule has 1 N–H and O–H groups in total. The lowest BCUT2D eigenvalue weighted by molar-refractivity contribution is -0.0500. The molecule has 9 heteroatoms. The van der Waals surface area contributed by atoms with Crippen molar-refractivity contribution in [1.82, 2.24) is 4.98 Å². The average Bonchev–Trinajstić information content (AvgIpc) is 2.75. The molecule has 0 unspecified atom stereocenters. The highest BCUT2D eigenvalue weighted by Crippen LogP contribution is 2.32. The van der Waals surface area contributed by atoms with E-state index in [1.54, 1.807) is 6.07 Å². The van der Waals surface area contributed by atoms with E-state index in [4.69, 9.17) is 4.98 Å². The number of nitrogens with zero attached hydrogens (tertiary/aromatic N) is 2. The first kappa shape index (κ1) is 22.4. The zero-order valence-electron chi connectivity index (χ0n) is 17.2. The Balaban J connectivity index is 1.74. The molecule has 167 valence electrons. The smallest absolute Gasteiger partial charge is 0.387 e. The maximum atomic E-state index is 14.4. The Morgan fingerprint density at radius 3 is 2.69 bits per heavy atom. The zero-order chi connectivity index (χ0) is 22.8. The molecule has 5 nitrogen and oxygen atoms in total. The topological polar surface area (TPSA) is 54.5 Å². The predicted molar refractivity (Wildman–Crippen MR) is 120 cm³/mol. The Bertz CT molecular complexity index is 1170. The number of alkyl halides is 2. The Morgan fingerprint density at radius 1 is 1.25 bits per heavy atom. The lowest BCUT2D eigenvalue weighted by Crippen LogP contribution is -2.31. The summed E-state index contributed by atoms with van der Waals surface area (Å²) in [7, 11) is 0. The van der Waals surface area contributed by atoms with Crippen LogP contribution < -0.4 is 15.0 Å². The van der Waals surface area contributed by atoms with E-state index in [9.17, 15) is 18.0 Å². The van der Waals surface area contributed by atoms with Gasteiger partial charge in [0.05, 0.1) is 16.8 Å². The third kappa shape index (κ3) is 4.67. The normalized spacial score (nSPS) is 14.1. The lowest BCUT2D eigenvalue weighted by atomic mass is 10.0. The van der Waals surface area contributed by atoms with Gasteiger partial charge in [-0.25, -0.2) is 9.37 Å². The molecule has 3 aromatic rings. The highest BCUT2D eigenvalue weighted by atomic mass is 79.9. The number of piperidine rings is 1. The summed E-state index contributed by atoms with van der Waals surface area (Å²) in [4.78, 5) is 20.3. The fraction of sp³-hybridized carbons (Fsp3) is 0.304. The maximum Gasteiger partial charge on any atom is 0.387 e. The summed E-state index contributed by atoms with van der Waals surface area (Å²) in [6.07, 6.45) is 3.26. The van der Waals surface area contributed by atoms with E-state index >= 15 is 0 Å². The number of hydrogen-bond donors (Lipinski definition) is 1. The molecule has 2 heterocycles. The van der Waals surface area contributed by atoms with Crippen LogP contribution in [0.15, 0.2) is 34.8 Å². The fourth-order valence-electron chi connectivity index (χ4n) is 3.92. The number of anilines is 2. The van der Waals surface area contributed by atoms with Crippen LogP contribution in [0.5, 0.6) is 5.75 Å². The van der Waals surface area contributed by atoms with Gasteiger partial charge in [-0.3, -0.25) is 4.79 Å². The van der Waals surface area contributed by atoms with Gasteiger partial charge in [0.2, 0.25) is 0 Å². The summed E-state index contributed by atoms with van der Waals surface area (Å²) in [5, 5.41) is 3.13. The van der Waals surface area contributed by atoms with Gasteiger partial charge in [0, 0.05) is 40.6 Å². The third-order valence-electron chi connectivity index (χ3n) is 5.38. The second-order valence-electron chi connectivity index (χ2n) is 7.54. The molecule has 1 aliphatic rings. The molecular weight excluding hydrogens is 487 g/mol. The van der Waals surface area contributed by atoms with Crippen LogP contribution in [0.25, 0.3) is 10.9 Å². The van der Waals surface area contributed by atoms with E-state index in [0.29, 0.717) is 22.0 Å². The van der Waals surface area contributed by atoms with Crippen LogP contribution in [0.4, 0.5) is 24.7 Å². The molecule has 1 fully saturated rings. The quantitative estimate of drug-likeness (QED) is 0.454. The second-order valence-corrected chi connectivity index (χ2v) is 8.45. The van der Waals surface area contributed by atoms with E-state index in [1.807, 2.05) is 19.1 Å². The molecule has 1 saturated heterocycles. The molecule has 1 amide bonds. The Labute approximate surface area is 191 Å². The minimum atomic E-state index is -3.08. The number of aromatic nitrogens is 1. The molecule has 1 radical (unpaired) electrons. The number of fused-ring (bicyclic) bond motifs is 1. The monoisotopic (exact) mass is 506 g/mol. The highest BCUT2D eigenvalue weighted by Gasteiger charge is 2.23. The van der Waals surface area contributed by atoms with Crippen LogP contribution >= 0.6 is 15.9 Å². The fourth-order valence-corrected chi connectivity index (χ4v) is 4.28. The molecule has 1 aliphatic heterocycles. The summed E-state index contributed by atoms with van der Waals surface area (Å²) in [6, 6.07) is 9.77. The van der Waals surface area contributed by atoms with Gasteiger partial charge in [-0.2, -0.15) is 8.78 Å². The minimum absolute atomic E-state index is 0.254. The molecule has 2 aromatic carbocycles. The van der Waals surface area contributed by atoms with Crippen molar-refractivity contribution in [3.05, 3.63) is 57.8 Å². The summed E-state index contributed by atoms with van der Waals surface area (Å²) in [5.74, 6) is -1.11. The number of hydrogen-bond acceptors (Lipinski definition) is 4. The number of benzene rings is 2. The first-order valence-corrected chi connectivity index (χ1v) is 10.9. The first-order chi connectivity index (χ1) is 15.3. The van der Waals surface area contributed by atoms with Gasteiger partial charge in [-0.15, -0.1) is 0 Å². The van der Waals surface area contributed by atoms with Crippen molar-refractivity contribution in [3.8, 4) is 5.75 Å². The number of carbonyl (C=O) groups excluding carboxylic acids is 1. The van der Waals surface area contributed by atoms with Crippen molar-refractivity contribution in [2.75, 3.05) is 23.3 Å². The van der Waals surface area contributed by atoms with E-state index < -0.39 is 18.3 Å². The number of pyridine rings is 1. The maximum absolute atomic E-state index is 14.4. The SMILES string of the molecule is Cc1c(N2CCCCC2)nc2ccc(Br)cc2c1C(=O)Nc1[c]cc(OC(F)F)cc1F. The molecule has 0 bridgehead atoms. The van der Waals surface area contributed by atoms with Crippen molar-refractivity contribution in [2.45, 2.75) is 32.8 Å². The number of carbonyl (C=O) groups is 1.